The Hall–Kier alpha value is -2.81. The van der Waals surface area contributed by atoms with E-state index in [0.29, 0.717) is 24.1 Å². The minimum absolute atomic E-state index is 0.0747. The Balaban J connectivity index is 1.43. The summed E-state index contributed by atoms with van der Waals surface area (Å²) in [5.41, 5.74) is 2.80. The third-order valence-corrected chi connectivity index (χ3v) is 5.26. The van der Waals surface area contributed by atoms with Crippen LogP contribution in [0.1, 0.15) is 29.5 Å². The average molecular weight is 450 g/mol. The van der Waals surface area contributed by atoms with Crippen LogP contribution in [0.4, 0.5) is 19.0 Å². The molecular weight excluding hydrogens is 419 g/mol. The third kappa shape index (κ3) is 7.71. The number of piperidine rings is 1. The highest BCUT2D eigenvalue weighted by molar-refractivity contribution is 5.80. The molecule has 174 valence electrons. The van der Waals surface area contributed by atoms with Crippen LogP contribution >= 0.6 is 0 Å². The van der Waals surface area contributed by atoms with Gasteiger partial charge < -0.3 is 20.3 Å². The highest BCUT2D eigenvalue weighted by Gasteiger charge is 2.27. The summed E-state index contributed by atoms with van der Waals surface area (Å²) in [6, 6.07) is 11.8. The van der Waals surface area contributed by atoms with Gasteiger partial charge in [-0.25, -0.2) is 4.98 Å². The molecule has 1 aliphatic rings. The molecule has 2 N–H and O–H groups in total. The molecule has 1 aliphatic heterocycles. The first-order chi connectivity index (χ1) is 15.3. The maximum atomic E-state index is 12.2. The van der Waals surface area contributed by atoms with Crippen molar-refractivity contribution in [2.45, 2.75) is 45.1 Å². The summed E-state index contributed by atoms with van der Waals surface area (Å²) in [6.07, 6.45) is -0.475. The maximum Gasteiger partial charge on any atom is 0.411 e. The number of aliphatic imine (C=N–C) groups is 1. The number of anilines is 1. The summed E-state index contributed by atoms with van der Waals surface area (Å²) >= 11 is 0. The average Bonchev–Trinajstić information content (AvgIpc) is 2.77. The van der Waals surface area contributed by atoms with E-state index in [-0.39, 0.29) is 6.61 Å². The fourth-order valence-corrected chi connectivity index (χ4v) is 3.59. The number of hydrogen-bond donors (Lipinski definition) is 2. The number of hydrogen-bond acceptors (Lipinski definition) is 4. The molecule has 0 spiro atoms. The Labute approximate surface area is 186 Å². The van der Waals surface area contributed by atoms with Gasteiger partial charge in [-0.05, 0) is 42.5 Å². The number of alkyl halides is 3. The lowest BCUT2D eigenvalue weighted by molar-refractivity contribution is -0.176. The lowest BCUT2D eigenvalue weighted by Crippen LogP contribution is -2.48. The number of halogens is 3. The van der Waals surface area contributed by atoms with Crippen molar-refractivity contribution in [1.82, 2.24) is 15.6 Å². The molecular formula is C23H30F3N5O. The zero-order chi connectivity index (χ0) is 23.0. The fourth-order valence-electron chi connectivity index (χ4n) is 3.59. The van der Waals surface area contributed by atoms with Gasteiger partial charge in [-0.3, -0.25) is 4.99 Å². The maximum absolute atomic E-state index is 12.2. The van der Waals surface area contributed by atoms with Gasteiger partial charge in [0.25, 0.3) is 0 Å². The smallest absolute Gasteiger partial charge is 0.367 e. The van der Waals surface area contributed by atoms with Crippen molar-refractivity contribution in [2.75, 3.05) is 31.6 Å². The monoisotopic (exact) mass is 449 g/mol. The van der Waals surface area contributed by atoms with Crippen LogP contribution in [-0.4, -0.2) is 49.9 Å². The van der Waals surface area contributed by atoms with E-state index < -0.39 is 12.8 Å². The molecule has 0 atom stereocenters. The largest absolute Gasteiger partial charge is 0.411 e. The topological polar surface area (TPSA) is 61.8 Å². The molecule has 3 rings (SSSR count). The number of benzene rings is 1. The van der Waals surface area contributed by atoms with Crippen molar-refractivity contribution < 1.29 is 17.9 Å². The SMILES string of the molecule is CN=C(NCc1cccc(COCC(F)(F)F)c1)NC1CCN(c2ccc(C)cn2)CC1. The predicted molar refractivity (Wildman–Crippen MR) is 120 cm³/mol. The Kier molecular flexibility index (Phi) is 8.33. The normalized spacial score (nSPS) is 15.7. The second-order valence-electron chi connectivity index (χ2n) is 7.95. The molecule has 1 saturated heterocycles. The van der Waals surface area contributed by atoms with E-state index in [0.717, 1.165) is 42.9 Å². The minimum atomic E-state index is -4.32. The van der Waals surface area contributed by atoms with Gasteiger partial charge in [-0.1, -0.05) is 30.3 Å². The second-order valence-corrected chi connectivity index (χ2v) is 7.95. The van der Waals surface area contributed by atoms with Crippen molar-refractivity contribution >= 4 is 11.8 Å². The molecule has 0 saturated carbocycles. The Bertz CT molecular complexity index is 878. The highest BCUT2D eigenvalue weighted by Crippen LogP contribution is 2.18. The van der Waals surface area contributed by atoms with Crippen LogP contribution in [0, 0.1) is 6.92 Å². The van der Waals surface area contributed by atoms with Crippen LogP contribution in [-0.2, 0) is 17.9 Å². The van der Waals surface area contributed by atoms with Gasteiger partial charge in [-0.15, -0.1) is 0 Å². The van der Waals surface area contributed by atoms with E-state index in [9.17, 15) is 13.2 Å². The molecule has 0 bridgehead atoms. The first kappa shape index (κ1) is 23.8. The second kappa shape index (κ2) is 11.2. The lowest BCUT2D eigenvalue weighted by Gasteiger charge is -2.33. The van der Waals surface area contributed by atoms with Crippen LogP contribution < -0.4 is 15.5 Å². The van der Waals surface area contributed by atoms with E-state index in [4.69, 9.17) is 4.74 Å². The first-order valence-electron chi connectivity index (χ1n) is 10.7. The summed E-state index contributed by atoms with van der Waals surface area (Å²) in [5.74, 6) is 1.71. The van der Waals surface area contributed by atoms with Crippen LogP contribution in [0.3, 0.4) is 0 Å². The molecule has 1 aromatic heterocycles. The number of nitrogens with one attached hydrogen (secondary N) is 2. The standard InChI is InChI=1S/C23H30F3N5O/c1-17-6-7-21(28-13-17)31-10-8-20(9-11-31)30-22(27-2)29-14-18-4-3-5-19(12-18)15-32-16-23(24,25)26/h3-7,12-13,20H,8-11,14-16H2,1-2H3,(H2,27,29,30). The Morgan fingerprint density at radius 1 is 1.19 bits per heavy atom. The molecule has 2 heterocycles. The summed E-state index contributed by atoms with van der Waals surface area (Å²) in [5, 5.41) is 6.75. The van der Waals surface area contributed by atoms with Gasteiger partial charge in [0.15, 0.2) is 5.96 Å². The Morgan fingerprint density at radius 2 is 1.94 bits per heavy atom. The zero-order valence-electron chi connectivity index (χ0n) is 18.5. The van der Waals surface area contributed by atoms with Crippen LogP contribution in [0.15, 0.2) is 47.6 Å². The third-order valence-electron chi connectivity index (χ3n) is 5.26. The molecule has 0 aliphatic carbocycles. The molecule has 32 heavy (non-hydrogen) atoms. The number of rotatable bonds is 7. The number of aromatic nitrogens is 1. The van der Waals surface area contributed by atoms with Gasteiger partial charge >= 0.3 is 6.18 Å². The van der Waals surface area contributed by atoms with Crippen molar-refractivity contribution in [3.8, 4) is 0 Å². The van der Waals surface area contributed by atoms with E-state index in [1.165, 1.54) is 0 Å². The molecule has 0 amide bonds. The molecule has 2 aromatic rings. The molecule has 0 unspecified atom stereocenters. The zero-order valence-corrected chi connectivity index (χ0v) is 18.5. The highest BCUT2D eigenvalue weighted by atomic mass is 19.4. The summed E-state index contributed by atoms with van der Waals surface area (Å²) in [4.78, 5) is 11.1. The number of nitrogens with zero attached hydrogens (tertiary/aromatic N) is 3. The van der Waals surface area contributed by atoms with Gasteiger partial charge in [0.1, 0.15) is 12.4 Å². The molecule has 1 aromatic carbocycles. The molecule has 0 radical (unpaired) electrons. The Morgan fingerprint density at radius 3 is 2.59 bits per heavy atom. The van der Waals surface area contributed by atoms with E-state index >= 15 is 0 Å². The van der Waals surface area contributed by atoms with Gasteiger partial charge in [-0.2, -0.15) is 13.2 Å². The van der Waals surface area contributed by atoms with Crippen molar-refractivity contribution in [1.29, 1.82) is 0 Å². The van der Waals surface area contributed by atoms with Crippen molar-refractivity contribution in [3.63, 3.8) is 0 Å². The number of aryl methyl sites for hydroxylation is 1. The summed E-state index contributed by atoms with van der Waals surface area (Å²) in [6.45, 7) is 3.07. The number of pyridine rings is 1. The van der Waals surface area contributed by atoms with Crippen LogP contribution in [0.25, 0.3) is 0 Å². The molecule has 1 fully saturated rings. The van der Waals surface area contributed by atoms with Gasteiger partial charge in [0, 0.05) is 38.9 Å². The molecule has 6 nitrogen and oxygen atoms in total. The van der Waals surface area contributed by atoms with Gasteiger partial charge in [0.05, 0.1) is 6.61 Å². The lowest BCUT2D eigenvalue weighted by atomic mass is 10.1. The van der Waals surface area contributed by atoms with E-state index in [1.807, 2.05) is 31.3 Å². The summed E-state index contributed by atoms with van der Waals surface area (Å²) in [7, 11) is 1.72. The first-order valence-corrected chi connectivity index (χ1v) is 10.7. The quantitative estimate of drug-likeness (QED) is 0.497. The predicted octanol–water partition coefficient (Wildman–Crippen LogP) is 3.80. The van der Waals surface area contributed by atoms with E-state index in [1.54, 1.807) is 13.1 Å². The van der Waals surface area contributed by atoms with Crippen LogP contribution in [0.2, 0.25) is 0 Å². The number of ether oxygens (including phenoxy) is 1. The number of guanidine groups is 1. The van der Waals surface area contributed by atoms with Crippen molar-refractivity contribution in [3.05, 3.63) is 59.3 Å². The molecule has 9 heteroatoms. The van der Waals surface area contributed by atoms with E-state index in [2.05, 4.69) is 37.6 Å². The van der Waals surface area contributed by atoms with Crippen LogP contribution in [0.5, 0.6) is 0 Å². The minimum Gasteiger partial charge on any atom is -0.367 e. The summed E-state index contributed by atoms with van der Waals surface area (Å²) < 4.78 is 41.5. The van der Waals surface area contributed by atoms with Gasteiger partial charge in [0.2, 0.25) is 0 Å². The van der Waals surface area contributed by atoms with Crippen molar-refractivity contribution in [2.24, 2.45) is 4.99 Å². The fraction of sp³-hybridized carbons (Fsp3) is 0.478.